The van der Waals surface area contributed by atoms with Crippen LogP contribution in [0.2, 0.25) is 10.0 Å². The minimum atomic E-state index is -0.474. The largest absolute Gasteiger partial charge is 0.465 e. The topological polar surface area (TPSA) is 89.0 Å². The van der Waals surface area contributed by atoms with Gasteiger partial charge in [0.25, 0.3) is 0 Å². The van der Waals surface area contributed by atoms with Gasteiger partial charge in [-0.05, 0) is 24.3 Å². The summed E-state index contributed by atoms with van der Waals surface area (Å²) >= 11 is 12.3. The second-order valence-electron chi connectivity index (χ2n) is 5.05. The monoisotopic (exact) mass is 389 g/mol. The van der Waals surface area contributed by atoms with Gasteiger partial charge in [0, 0.05) is 0 Å². The molecule has 3 aromatic rings. The van der Waals surface area contributed by atoms with Crippen molar-refractivity contribution in [1.82, 2.24) is 15.2 Å². The van der Waals surface area contributed by atoms with Crippen molar-refractivity contribution in [3.05, 3.63) is 64.3 Å². The highest BCUT2D eigenvalue weighted by atomic mass is 35.5. The number of hydrogen-bond donors (Lipinski definition) is 2. The molecule has 3 rings (SSSR count). The summed E-state index contributed by atoms with van der Waals surface area (Å²) in [5.41, 5.74) is 1.36. The molecule has 0 saturated heterocycles. The van der Waals surface area contributed by atoms with Gasteiger partial charge in [-0.3, -0.25) is 0 Å². The second-order valence-corrected chi connectivity index (χ2v) is 5.86. The summed E-state index contributed by atoms with van der Waals surface area (Å²) in [7, 11) is 1.31. The lowest BCUT2D eigenvalue weighted by Crippen LogP contribution is -2.08. The number of para-hydroxylation sites is 2. The third-order valence-corrected chi connectivity index (χ3v) is 3.98. The SMILES string of the molecule is COC(=O)c1ccccc1Nc1nncc(Nc2c(Cl)cccc2Cl)n1. The van der Waals surface area contributed by atoms with Gasteiger partial charge in [-0.1, -0.05) is 41.4 Å². The number of methoxy groups -OCH3 is 1. The molecule has 2 N–H and O–H groups in total. The molecular formula is C17H13Cl2N5O2. The molecule has 0 atom stereocenters. The fourth-order valence-corrected chi connectivity index (χ4v) is 2.65. The molecule has 0 fully saturated rings. The number of anilines is 4. The van der Waals surface area contributed by atoms with Crippen LogP contribution in [0.3, 0.4) is 0 Å². The van der Waals surface area contributed by atoms with Gasteiger partial charge in [0.1, 0.15) is 0 Å². The zero-order valence-electron chi connectivity index (χ0n) is 13.5. The van der Waals surface area contributed by atoms with E-state index in [1.54, 1.807) is 42.5 Å². The van der Waals surface area contributed by atoms with Crippen molar-refractivity contribution in [3.8, 4) is 0 Å². The van der Waals surface area contributed by atoms with Crippen LogP contribution in [0.1, 0.15) is 10.4 Å². The molecule has 0 amide bonds. The molecular weight excluding hydrogens is 377 g/mol. The summed E-state index contributed by atoms with van der Waals surface area (Å²) in [5, 5.41) is 14.7. The van der Waals surface area contributed by atoms with Crippen molar-refractivity contribution in [1.29, 1.82) is 0 Å². The maximum Gasteiger partial charge on any atom is 0.339 e. The van der Waals surface area contributed by atoms with E-state index < -0.39 is 5.97 Å². The van der Waals surface area contributed by atoms with Gasteiger partial charge in [0.2, 0.25) is 5.95 Å². The summed E-state index contributed by atoms with van der Waals surface area (Å²) < 4.78 is 4.77. The van der Waals surface area contributed by atoms with Gasteiger partial charge < -0.3 is 15.4 Å². The number of halogens is 2. The normalized spacial score (nSPS) is 10.3. The lowest BCUT2D eigenvalue weighted by atomic mass is 10.2. The summed E-state index contributed by atoms with van der Waals surface area (Å²) in [6.07, 6.45) is 1.43. The van der Waals surface area contributed by atoms with E-state index in [0.29, 0.717) is 32.8 Å². The average Bonchev–Trinajstić information content (AvgIpc) is 2.65. The van der Waals surface area contributed by atoms with Crippen molar-refractivity contribution in [2.24, 2.45) is 0 Å². The molecule has 132 valence electrons. The molecule has 9 heteroatoms. The fraction of sp³-hybridized carbons (Fsp3) is 0.0588. The van der Waals surface area contributed by atoms with E-state index >= 15 is 0 Å². The van der Waals surface area contributed by atoms with Gasteiger partial charge in [0.05, 0.1) is 40.3 Å². The first kappa shape index (κ1) is 17.9. The number of benzene rings is 2. The quantitative estimate of drug-likeness (QED) is 0.622. The fourth-order valence-electron chi connectivity index (χ4n) is 2.16. The van der Waals surface area contributed by atoms with Gasteiger partial charge in [-0.25, -0.2) is 4.79 Å². The van der Waals surface area contributed by atoms with Crippen molar-refractivity contribution in [2.45, 2.75) is 0 Å². The summed E-state index contributed by atoms with van der Waals surface area (Å²) in [6, 6.07) is 12.0. The molecule has 1 heterocycles. The van der Waals surface area contributed by atoms with Crippen molar-refractivity contribution in [2.75, 3.05) is 17.7 Å². The van der Waals surface area contributed by atoms with Crippen LogP contribution in [-0.2, 0) is 4.74 Å². The number of ether oxygens (including phenoxy) is 1. The maximum absolute atomic E-state index is 11.8. The zero-order chi connectivity index (χ0) is 18.5. The first-order chi connectivity index (χ1) is 12.6. The molecule has 1 aromatic heterocycles. The van der Waals surface area contributed by atoms with E-state index in [1.807, 2.05) is 0 Å². The minimum absolute atomic E-state index is 0.189. The van der Waals surface area contributed by atoms with Crippen molar-refractivity contribution >= 4 is 52.3 Å². The van der Waals surface area contributed by atoms with Crippen LogP contribution in [0.15, 0.2) is 48.7 Å². The zero-order valence-corrected chi connectivity index (χ0v) is 15.0. The van der Waals surface area contributed by atoms with Crippen molar-refractivity contribution < 1.29 is 9.53 Å². The van der Waals surface area contributed by atoms with Crippen LogP contribution in [-0.4, -0.2) is 28.3 Å². The molecule has 26 heavy (non-hydrogen) atoms. The molecule has 0 aliphatic carbocycles. The predicted octanol–water partition coefficient (Wildman–Crippen LogP) is 4.45. The second kappa shape index (κ2) is 7.99. The Hall–Kier alpha value is -2.90. The van der Waals surface area contributed by atoms with Crippen LogP contribution >= 0.6 is 23.2 Å². The molecule has 0 aliphatic rings. The van der Waals surface area contributed by atoms with Crippen LogP contribution in [0.4, 0.5) is 23.1 Å². The van der Waals surface area contributed by atoms with Gasteiger partial charge in [-0.15, -0.1) is 5.10 Å². The molecule has 0 bridgehead atoms. The van der Waals surface area contributed by atoms with Crippen LogP contribution in [0, 0.1) is 0 Å². The van der Waals surface area contributed by atoms with E-state index in [-0.39, 0.29) is 5.95 Å². The first-order valence-corrected chi connectivity index (χ1v) is 8.19. The summed E-state index contributed by atoms with van der Waals surface area (Å²) in [6.45, 7) is 0. The molecule has 0 unspecified atom stereocenters. The van der Waals surface area contributed by atoms with Gasteiger partial charge >= 0.3 is 5.97 Å². The Bertz CT molecular complexity index is 932. The Morgan fingerprint density at radius 2 is 1.77 bits per heavy atom. The highest BCUT2D eigenvalue weighted by molar-refractivity contribution is 6.39. The highest BCUT2D eigenvalue weighted by Gasteiger charge is 2.13. The third kappa shape index (κ3) is 4.01. The minimum Gasteiger partial charge on any atom is -0.465 e. The van der Waals surface area contributed by atoms with Crippen LogP contribution < -0.4 is 10.6 Å². The van der Waals surface area contributed by atoms with Gasteiger partial charge in [0.15, 0.2) is 5.82 Å². The van der Waals surface area contributed by atoms with Crippen molar-refractivity contribution in [3.63, 3.8) is 0 Å². The number of rotatable bonds is 5. The molecule has 0 radical (unpaired) electrons. The molecule has 0 saturated carbocycles. The van der Waals surface area contributed by atoms with E-state index in [9.17, 15) is 4.79 Å². The Morgan fingerprint density at radius 3 is 2.50 bits per heavy atom. The van der Waals surface area contributed by atoms with Gasteiger partial charge in [-0.2, -0.15) is 10.1 Å². The Morgan fingerprint density at radius 1 is 1.04 bits per heavy atom. The van der Waals surface area contributed by atoms with Crippen LogP contribution in [0.25, 0.3) is 0 Å². The van der Waals surface area contributed by atoms with Crippen LogP contribution in [0.5, 0.6) is 0 Å². The number of nitrogens with one attached hydrogen (secondary N) is 2. The summed E-state index contributed by atoms with van der Waals surface area (Å²) in [4.78, 5) is 16.2. The predicted molar refractivity (Wildman–Crippen MR) is 101 cm³/mol. The number of carbonyl (C=O) groups is 1. The lowest BCUT2D eigenvalue weighted by molar-refractivity contribution is 0.0602. The number of carbonyl (C=O) groups excluding carboxylic acids is 1. The van der Waals surface area contributed by atoms with E-state index in [4.69, 9.17) is 27.9 Å². The third-order valence-electron chi connectivity index (χ3n) is 3.35. The first-order valence-electron chi connectivity index (χ1n) is 7.43. The van der Waals surface area contributed by atoms with E-state index in [1.165, 1.54) is 13.3 Å². The van der Waals surface area contributed by atoms with E-state index in [2.05, 4.69) is 25.8 Å². The number of nitrogens with zero attached hydrogens (tertiary/aromatic N) is 3. The highest BCUT2D eigenvalue weighted by Crippen LogP contribution is 2.32. The smallest absolute Gasteiger partial charge is 0.339 e. The number of hydrogen-bond acceptors (Lipinski definition) is 7. The lowest BCUT2D eigenvalue weighted by Gasteiger charge is -2.11. The molecule has 2 aromatic carbocycles. The molecule has 7 nitrogen and oxygen atoms in total. The molecule has 0 spiro atoms. The average molecular weight is 390 g/mol. The molecule has 0 aliphatic heterocycles. The summed E-state index contributed by atoms with van der Waals surface area (Å²) in [5.74, 6) is 0.0979. The Labute approximate surface area is 159 Å². The number of esters is 1. The maximum atomic E-state index is 11.8. The Kier molecular flexibility index (Phi) is 5.50. The Balaban J connectivity index is 1.86. The van der Waals surface area contributed by atoms with E-state index in [0.717, 1.165) is 0 Å². The number of aromatic nitrogens is 3. The standard InChI is InChI=1S/C17H13Cl2N5O2/c1-26-16(25)10-5-2-3-8-13(10)21-17-23-14(9-20-24-17)22-15-11(18)6-4-7-12(15)19/h2-9H,1H3,(H2,21,22,23,24).